The molecule has 0 aromatic heterocycles. The van der Waals surface area contributed by atoms with E-state index < -0.39 is 6.10 Å². The van der Waals surface area contributed by atoms with Crippen molar-refractivity contribution in [3.63, 3.8) is 0 Å². The number of aliphatic hydroxyl groups is 1. The Morgan fingerprint density at radius 2 is 2.08 bits per heavy atom. The third-order valence-corrected chi connectivity index (χ3v) is 1.48. The first-order valence-electron chi connectivity index (χ1n) is 3.42. The zero-order valence-corrected chi connectivity index (χ0v) is 7.58. The summed E-state index contributed by atoms with van der Waals surface area (Å²) in [6.07, 6.45) is -1.13. The second-order valence-corrected chi connectivity index (χ2v) is 2.45. The summed E-state index contributed by atoms with van der Waals surface area (Å²) < 4.78 is 0. The molecular weight excluding hydrogens is 192 g/mol. The van der Waals surface area contributed by atoms with Crippen LogP contribution in [0, 0.1) is 5.41 Å². The SMILES string of the molecule is Cl.N=C(N)C(O)c1cccc(O)c1. The second kappa shape index (κ2) is 4.69. The van der Waals surface area contributed by atoms with Gasteiger partial charge < -0.3 is 15.9 Å². The fraction of sp³-hybridized carbons (Fsp3) is 0.125. The van der Waals surface area contributed by atoms with Crippen LogP contribution in [-0.4, -0.2) is 16.0 Å². The molecule has 0 aliphatic carbocycles. The molecule has 1 unspecified atom stereocenters. The Balaban J connectivity index is 0.00000144. The lowest BCUT2D eigenvalue weighted by atomic mass is 10.1. The van der Waals surface area contributed by atoms with Crippen molar-refractivity contribution < 1.29 is 10.2 Å². The fourth-order valence-electron chi connectivity index (χ4n) is 0.874. The molecule has 0 saturated heterocycles. The van der Waals surface area contributed by atoms with Gasteiger partial charge in [-0.1, -0.05) is 12.1 Å². The minimum Gasteiger partial charge on any atom is -0.508 e. The number of phenolic OH excluding ortho intramolecular Hbond substituents is 1. The molecule has 0 aliphatic rings. The number of benzene rings is 1. The van der Waals surface area contributed by atoms with Gasteiger partial charge in [0.15, 0.2) is 0 Å². The van der Waals surface area contributed by atoms with Crippen molar-refractivity contribution in [1.82, 2.24) is 0 Å². The highest BCUT2D eigenvalue weighted by Crippen LogP contribution is 2.17. The van der Waals surface area contributed by atoms with Gasteiger partial charge in [-0.15, -0.1) is 12.4 Å². The highest BCUT2D eigenvalue weighted by atomic mass is 35.5. The van der Waals surface area contributed by atoms with E-state index in [2.05, 4.69) is 0 Å². The summed E-state index contributed by atoms with van der Waals surface area (Å²) >= 11 is 0. The Bertz CT molecular complexity index is 304. The van der Waals surface area contributed by atoms with Crippen LogP contribution in [0.2, 0.25) is 0 Å². The lowest BCUT2D eigenvalue weighted by Crippen LogP contribution is -2.19. The van der Waals surface area contributed by atoms with Gasteiger partial charge in [0.05, 0.1) is 0 Å². The highest BCUT2D eigenvalue weighted by Gasteiger charge is 2.09. The predicted octanol–water partition coefficient (Wildman–Crippen LogP) is 0.783. The molecule has 0 heterocycles. The average molecular weight is 203 g/mol. The van der Waals surface area contributed by atoms with Crippen LogP contribution in [0.3, 0.4) is 0 Å². The van der Waals surface area contributed by atoms with Crippen molar-refractivity contribution in [2.75, 3.05) is 0 Å². The van der Waals surface area contributed by atoms with Crippen LogP contribution >= 0.6 is 12.4 Å². The van der Waals surface area contributed by atoms with Gasteiger partial charge in [0.2, 0.25) is 0 Å². The maximum atomic E-state index is 9.26. The molecule has 4 nitrogen and oxygen atoms in total. The smallest absolute Gasteiger partial charge is 0.136 e. The van der Waals surface area contributed by atoms with Crippen molar-refractivity contribution >= 4 is 18.2 Å². The van der Waals surface area contributed by atoms with E-state index in [1.54, 1.807) is 12.1 Å². The van der Waals surface area contributed by atoms with Gasteiger partial charge in [-0.3, -0.25) is 5.41 Å². The molecule has 72 valence electrons. The largest absolute Gasteiger partial charge is 0.508 e. The van der Waals surface area contributed by atoms with Gasteiger partial charge >= 0.3 is 0 Å². The van der Waals surface area contributed by atoms with Gasteiger partial charge in [0, 0.05) is 0 Å². The van der Waals surface area contributed by atoms with E-state index in [-0.39, 0.29) is 24.0 Å². The van der Waals surface area contributed by atoms with Gasteiger partial charge in [-0.2, -0.15) is 0 Å². The van der Waals surface area contributed by atoms with Gasteiger partial charge in [0.1, 0.15) is 17.7 Å². The van der Waals surface area contributed by atoms with E-state index in [9.17, 15) is 5.11 Å². The Labute approximate surface area is 81.9 Å². The molecular formula is C8H11ClN2O2. The second-order valence-electron chi connectivity index (χ2n) is 2.45. The van der Waals surface area contributed by atoms with Crippen molar-refractivity contribution in [2.24, 2.45) is 5.73 Å². The highest BCUT2D eigenvalue weighted by molar-refractivity contribution is 5.85. The first-order chi connectivity index (χ1) is 5.61. The van der Waals surface area contributed by atoms with E-state index in [4.69, 9.17) is 16.2 Å². The molecule has 0 bridgehead atoms. The lowest BCUT2D eigenvalue weighted by Gasteiger charge is -2.08. The third kappa shape index (κ3) is 2.93. The molecule has 0 spiro atoms. The maximum absolute atomic E-state index is 9.26. The van der Waals surface area contributed by atoms with Crippen molar-refractivity contribution in [2.45, 2.75) is 6.10 Å². The maximum Gasteiger partial charge on any atom is 0.136 e. The monoisotopic (exact) mass is 202 g/mol. The predicted molar refractivity (Wildman–Crippen MR) is 52.2 cm³/mol. The summed E-state index contributed by atoms with van der Waals surface area (Å²) in [5.41, 5.74) is 5.49. The lowest BCUT2D eigenvalue weighted by molar-refractivity contribution is 0.244. The Hall–Kier alpha value is -1.26. The molecule has 5 N–H and O–H groups in total. The Morgan fingerprint density at radius 1 is 1.46 bits per heavy atom. The first-order valence-corrected chi connectivity index (χ1v) is 3.42. The quantitative estimate of drug-likeness (QED) is 0.422. The molecule has 0 saturated carbocycles. The first kappa shape index (κ1) is 11.7. The molecule has 0 radical (unpaired) electrons. The standard InChI is InChI=1S/C8H10N2O2.ClH/c9-8(10)7(12)5-2-1-3-6(11)4-5;/h1-4,7,11-12H,(H3,9,10);1H. The number of hydrogen-bond acceptors (Lipinski definition) is 3. The third-order valence-electron chi connectivity index (χ3n) is 1.48. The summed E-state index contributed by atoms with van der Waals surface area (Å²) in [6.45, 7) is 0. The molecule has 1 atom stereocenters. The number of hydrogen-bond donors (Lipinski definition) is 4. The molecule has 13 heavy (non-hydrogen) atoms. The minimum absolute atomic E-state index is 0. The summed E-state index contributed by atoms with van der Waals surface area (Å²) in [5.74, 6) is -0.284. The van der Waals surface area contributed by atoms with Gasteiger partial charge in [-0.05, 0) is 17.7 Å². The van der Waals surface area contributed by atoms with Crippen LogP contribution in [0.25, 0.3) is 0 Å². The van der Waals surface area contributed by atoms with Crippen LogP contribution in [-0.2, 0) is 0 Å². The van der Waals surface area contributed by atoms with E-state index in [1.807, 2.05) is 0 Å². The topological polar surface area (TPSA) is 90.3 Å². The van der Waals surface area contributed by atoms with Gasteiger partial charge in [0.25, 0.3) is 0 Å². The number of amidine groups is 1. The summed E-state index contributed by atoms with van der Waals surface area (Å²) in [5, 5.41) is 25.2. The number of nitrogens with two attached hydrogens (primary N) is 1. The Kier molecular flexibility index (Phi) is 4.23. The van der Waals surface area contributed by atoms with Crippen molar-refractivity contribution in [1.29, 1.82) is 5.41 Å². The molecule has 1 aromatic carbocycles. The molecule has 1 rings (SSSR count). The van der Waals surface area contributed by atoms with Crippen LogP contribution in [0.4, 0.5) is 0 Å². The minimum atomic E-state index is -1.13. The van der Waals surface area contributed by atoms with Crippen LogP contribution in [0.5, 0.6) is 5.75 Å². The summed E-state index contributed by atoms with van der Waals surface area (Å²) in [6, 6.07) is 6.02. The molecule has 5 heteroatoms. The van der Waals surface area contributed by atoms with Crippen molar-refractivity contribution in [3.05, 3.63) is 29.8 Å². The van der Waals surface area contributed by atoms with Gasteiger partial charge in [-0.25, -0.2) is 0 Å². The van der Waals surface area contributed by atoms with E-state index in [1.165, 1.54) is 12.1 Å². The summed E-state index contributed by atoms with van der Waals surface area (Å²) in [4.78, 5) is 0. The molecule has 0 fully saturated rings. The Morgan fingerprint density at radius 3 is 2.54 bits per heavy atom. The molecule has 0 aliphatic heterocycles. The zero-order valence-electron chi connectivity index (χ0n) is 6.77. The average Bonchev–Trinajstić information content (AvgIpc) is 2.03. The number of nitrogens with one attached hydrogen (secondary N) is 1. The molecule has 0 amide bonds. The van der Waals surface area contributed by atoms with E-state index in [0.717, 1.165) is 0 Å². The zero-order chi connectivity index (χ0) is 9.14. The number of aromatic hydroxyl groups is 1. The van der Waals surface area contributed by atoms with Crippen LogP contribution in [0.1, 0.15) is 11.7 Å². The fourth-order valence-corrected chi connectivity index (χ4v) is 0.874. The summed E-state index contributed by atoms with van der Waals surface area (Å²) in [7, 11) is 0. The number of rotatable bonds is 2. The van der Waals surface area contributed by atoms with Crippen LogP contribution < -0.4 is 5.73 Å². The van der Waals surface area contributed by atoms with Crippen molar-refractivity contribution in [3.8, 4) is 5.75 Å². The number of phenols is 1. The normalized spacial score (nSPS) is 11.5. The van der Waals surface area contributed by atoms with Crippen LogP contribution in [0.15, 0.2) is 24.3 Å². The number of halogens is 1. The number of aliphatic hydroxyl groups excluding tert-OH is 1. The van der Waals surface area contributed by atoms with E-state index in [0.29, 0.717) is 5.56 Å². The molecule has 1 aromatic rings. The van der Waals surface area contributed by atoms with E-state index >= 15 is 0 Å².